The van der Waals surface area contributed by atoms with Gasteiger partial charge in [0.1, 0.15) is 5.75 Å². The summed E-state index contributed by atoms with van der Waals surface area (Å²) in [5.74, 6) is 0.993. The van der Waals surface area contributed by atoms with Crippen molar-refractivity contribution in [1.29, 1.82) is 0 Å². The molecule has 0 amide bonds. The highest BCUT2D eigenvalue weighted by atomic mass is 31.1. The van der Waals surface area contributed by atoms with Gasteiger partial charge in [0.05, 0.1) is 0 Å². The molecule has 2 aromatic carbocycles. The van der Waals surface area contributed by atoms with Crippen molar-refractivity contribution in [3.05, 3.63) is 52.6 Å². The number of aryl methyl sites for hydroxylation is 2. The molecule has 0 spiro atoms. The zero-order valence-electron chi connectivity index (χ0n) is 20.6. The third-order valence-electron chi connectivity index (χ3n) is 5.90. The maximum Gasteiger partial charge on any atom is 0.188 e. The molecule has 30 heavy (non-hydrogen) atoms. The maximum absolute atomic E-state index is 6.16. The fourth-order valence-electron chi connectivity index (χ4n) is 3.74. The Morgan fingerprint density at radius 1 is 1.00 bits per heavy atom. The van der Waals surface area contributed by atoms with E-state index >= 15 is 0 Å². The molecule has 0 radical (unpaired) electrons. The fourth-order valence-corrected chi connectivity index (χ4v) is 7.12. The van der Waals surface area contributed by atoms with E-state index in [-0.39, 0.29) is 25.3 Å². The van der Waals surface area contributed by atoms with E-state index < -0.39 is 0 Å². The molecular weight excluding hydrogens is 406 g/mol. The van der Waals surface area contributed by atoms with Gasteiger partial charge in [-0.1, -0.05) is 81.5 Å². The van der Waals surface area contributed by atoms with Crippen molar-refractivity contribution in [2.75, 3.05) is 27.2 Å². The Labute approximate surface area is 187 Å². The third kappa shape index (κ3) is 5.64. The van der Waals surface area contributed by atoms with Crippen molar-refractivity contribution >= 4 is 27.1 Å². The summed E-state index contributed by atoms with van der Waals surface area (Å²) in [6.07, 6.45) is 1.06. The summed E-state index contributed by atoms with van der Waals surface area (Å²) in [5, 5.41) is 3.07. The first-order chi connectivity index (χ1) is 13.9. The van der Waals surface area contributed by atoms with Crippen LogP contribution in [0.1, 0.15) is 63.3 Å². The molecule has 2 rings (SSSR count). The second kappa shape index (κ2) is 10.1. The summed E-state index contributed by atoms with van der Waals surface area (Å²) in [5.41, 5.74) is 5.37. The molecule has 0 heterocycles. The Balaban J connectivity index is 2.70. The zero-order chi connectivity index (χ0) is 22.7. The third-order valence-corrected chi connectivity index (χ3v) is 9.53. The summed E-state index contributed by atoms with van der Waals surface area (Å²) >= 11 is 0. The van der Waals surface area contributed by atoms with Crippen LogP contribution in [0.25, 0.3) is 0 Å². The van der Waals surface area contributed by atoms with Crippen LogP contribution in [0.4, 0.5) is 0 Å². The summed E-state index contributed by atoms with van der Waals surface area (Å²) in [4.78, 5) is 0. The number of hydrogen-bond donors (Lipinski definition) is 0. The van der Waals surface area contributed by atoms with Gasteiger partial charge < -0.3 is 9.47 Å². The summed E-state index contributed by atoms with van der Waals surface area (Å²) in [6, 6.07) is 11.5. The minimum atomic E-state index is -0.152. The molecule has 166 valence electrons. The molecular formula is C26H40O2P2. The zero-order valence-corrected chi connectivity index (χ0v) is 22.5. The van der Waals surface area contributed by atoms with Crippen molar-refractivity contribution < 1.29 is 9.47 Å². The molecule has 2 atom stereocenters. The average Bonchev–Trinajstić information content (AvgIpc) is 2.67. The molecule has 0 aliphatic carbocycles. The van der Waals surface area contributed by atoms with Gasteiger partial charge in [-0.25, -0.2) is 0 Å². The van der Waals surface area contributed by atoms with E-state index in [1.165, 1.54) is 32.9 Å². The van der Waals surface area contributed by atoms with E-state index in [2.05, 4.69) is 92.1 Å². The topological polar surface area (TPSA) is 18.5 Å². The quantitative estimate of drug-likeness (QED) is 0.337. The van der Waals surface area contributed by atoms with Gasteiger partial charge in [-0.15, -0.1) is 0 Å². The molecule has 0 aromatic heterocycles. The van der Waals surface area contributed by atoms with Gasteiger partial charge in [-0.3, -0.25) is 0 Å². The van der Waals surface area contributed by atoms with Gasteiger partial charge in [0.2, 0.25) is 0 Å². The SMILES string of the molecule is CCC(C)(Pc1c(C)cccc1P(C)C)c1cc(C(C)(C)C)cc(C)c1OCOC. The van der Waals surface area contributed by atoms with Crippen LogP contribution in [0.3, 0.4) is 0 Å². The molecule has 2 nitrogen and oxygen atoms in total. The molecule has 0 aliphatic heterocycles. The molecule has 0 N–H and O–H groups in total. The van der Waals surface area contributed by atoms with Crippen molar-refractivity contribution in [1.82, 2.24) is 0 Å². The minimum absolute atomic E-state index is 0.00129. The first-order valence-electron chi connectivity index (χ1n) is 10.8. The van der Waals surface area contributed by atoms with Crippen molar-refractivity contribution in [2.45, 2.75) is 65.5 Å². The number of benzene rings is 2. The van der Waals surface area contributed by atoms with Crippen molar-refractivity contribution in [3.8, 4) is 5.75 Å². The van der Waals surface area contributed by atoms with Gasteiger partial charge in [-0.2, -0.15) is 0 Å². The summed E-state index contributed by atoms with van der Waals surface area (Å²) in [6.45, 7) is 21.0. The van der Waals surface area contributed by atoms with Crippen LogP contribution in [-0.2, 0) is 15.3 Å². The summed E-state index contributed by atoms with van der Waals surface area (Å²) < 4.78 is 11.4. The molecule has 0 saturated heterocycles. The molecule has 0 saturated carbocycles. The van der Waals surface area contributed by atoms with Crippen LogP contribution < -0.4 is 15.3 Å². The minimum Gasteiger partial charge on any atom is -0.467 e. The summed E-state index contributed by atoms with van der Waals surface area (Å²) in [7, 11) is 2.22. The van der Waals surface area contributed by atoms with Gasteiger partial charge in [-0.05, 0) is 66.3 Å². The lowest BCUT2D eigenvalue weighted by Gasteiger charge is -2.35. The first-order valence-corrected chi connectivity index (χ1v) is 14.0. The van der Waals surface area contributed by atoms with Crippen LogP contribution >= 0.6 is 16.5 Å². The highest BCUT2D eigenvalue weighted by molar-refractivity contribution is 7.66. The Hall–Kier alpha value is -0.940. The molecule has 2 unspecified atom stereocenters. The van der Waals surface area contributed by atoms with Crippen LogP contribution in [0.15, 0.2) is 30.3 Å². The lowest BCUT2D eigenvalue weighted by molar-refractivity contribution is 0.0495. The van der Waals surface area contributed by atoms with E-state index in [4.69, 9.17) is 9.47 Å². The van der Waals surface area contributed by atoms with E-state index in [0.717, 1.165) is 12.2 Å². The standard InChI is InChI=1S/C26H40O2P2/c1-11-26(7,29-24-18(2)13-12-14-22(24)30(9)10)21-16-20(25(4,5)6)15-19(3)23(21)28-17-27-8/h12-16,29H,11,17H2,1-10H3. The van der Waals surface area contributed by atoms with Gasteiger partial charge >= 0.3 is 0 Å². The van der Waals surface area contributed by atoms with E-state index in [9.17, 15) is 0 Å². The predicted octanol–water partition coefficient (Wildman–Crippen LogP) is 6.58. The van der Waals surface area contributed by atoms with Gasteiger partial charge in [0, 0.05) is 17.8 Å². The molecule has 0 aliphatic rings. The van der Waals surface area contributed by atoms with Gasteiger partial charge in [0.25, 0.3) is 0 Å². The Morgan fingerprint density at radius 3 is 2.20 bits per heavy atom. The highest BCUT2D eigenvalue weighted by Crippen LogP contribution is 2.50. The second-order valence-electron chi connectivity index (χ2n) is 9.64. The normalized spacial score (nSPS) is 14.5. The Morgan fingerprint density at radius 2 is 1.67 bits per heavy atom. The first kappa shape index (κ1) is 25.3. The molecule has 2 aromatic rings. The van der Waals surface area contributed by atoms with Crippen LogP contribution in [0.5, 0.6) is 5.75 Å². The number of rotatable bonds is 8. The van der Waals surface area contributed by atoms with E-state index in [1.54, 1.807) is 7.11 Å². The predicted molar refractivity (Wildman–Crippen MR) is 138 cm³/mol. The largest absolute Gasteiger partial charge is 0.467 e. The molecule has 0 fully saturated rings. The monoisotopic (exact) mass is 446 g/mol. The van der Waals surface area contributed by atoms with Crippen LogP contribution in [0, 0.1) is 13.8 Å². The van der Waals surface area contributed by atoms with E-state index in [1.807, 2.05) is 0 Å². The maximum atomic E-state index is 6.16. The van der Waals surface area contributed by atoms with Gasteiger partial charge in [0.15, 0.2) is 6.79 Å². The van der Waals surface area contributed by atoms with E-state index in [0.29, 0.717) is 8.58 Å². The highest BCUT2D eigenvalue weighted by Gasteiger charge is 2.32. The average molecular weight is 447 g/mol. The second-order valence-corrected chi connectivity index (χ2v) is 13.8. The van der Waals surface area contributed by atoms with Crippen LogP contribution in [-0.4, -0.2) is 27.2 Å². The number of hydrogen-bond acceptors (Lipinski definition) is 2. The Kier molecular flexibility index (Phi) is 8.54. The fraction of sp³-hybridized carbons (Fsp3) is 0.538. The number of ether oxygens (including phenoxy) is 2. The Bertz CT molecular complexity index is 868. The van der Waals surface area contributed by atoms with Crippen molar-refractivity contribution in [3.63, 3.8) is 0 Å². The molecule has 0 bridgehead atoms. The smallest absolute Gasteiger partial charge is 0.188 e. The van der Waals surface area contributed by atoms with Crippen LogP contribution in [0.2, 0.25) is 0 Å². The lowest BCUT2D eigenvalue weighted by Crippen LogP contribution is -2.28. The van der Waals surface area contributed by atoms with Crippen molar-refractivity contribution in [2.24, 2.45) is 0 Å². The molecule has 4 heteroatoms. The lowest BCUT2D eigenvalue weighted by atomic mass is 9.82. The number of methoxy groups -OCH3 is 1.